The zero-order chi connectivity index (χ0) is 16.8. The van der Waals surface area contributed by atoms with Crippen molar-refractivity contribution >= 4 is 5.97 Å². The van der Waals surface area contributed by atoms with E-state index in [2.05, 4.69) is 29.6 Å². The molecule has 24 heavy (non-hydrogen) atoms. The minimum Gasteiger partial charge on any atom is -0.480 e. The molecule has 2 atom stereocenters. The number of carboxylic acids is 1. The van der Waals surface area contributed by atoms with E-state index in [1.165, 1.54) is 11.1 Å². The van der Waals surface area contributed by atoms with Gasteiger partial charge in [0.05, 0.1) is 6.10 Å². The molecule has 0 spiro atoms. The Labute approximate surface area is 142 Å². The predicted octanol–water partition coefficient (Wildman–Crippen LogP) is 3.04. The number of nitrogens with one attached hydrogen (secondary N) is 1. The summed E-state index contributed by atoms with van der Waals surface area (Å²) in [6, 6.07) is 20.2. The van der Waals surface area contributed by atoms with Crippen molar-refractivity contribution in [3.05, 3.63) is 71.8 Å². The molecule has 0 radical (unpaired) electrons. The monoisotopic (exact) mass is 325 g/mol. The molecule has 2 N–H and O–H groups in total. The highest BCUT2D eigenvalue weighted by molar-refractivity contribution is 5.74. The van der Waals surface area contributed by atoms with Crippen molar-refractivity contribution in [3.63, 3.8) is 0 Å². The summed E-state index contributed by atoms with van der Waals surface area (Å²) in [5.74, 6) is -0.579. The maximum absolute atomic E-state index is 11.2. The molecule has 1 fully saturated rings. The Bertz CT molecular complexity index is 605. The third-order valence-corrected chi connectivity index (χ3v) is 4.57. The molecule has 0 bridgehead atoms. The van der Waals surface area contributed by atoms with Crippen LogP contribution >= 0.6 is 0 Å². The highest BCUT2D eigenvalue weighted by Crippen LogP contribution is 2.28. The van der Waals surface area contributed by atoms with Crippen molar-refractivity contribution in [3.8, 4) is 0 Å². The Morgan fingerprint density at radius 3 is 2.21 bits per heavy atom. The van der Waals surface area contributed by atoms with Crippen LogP contribution in [0.5, 0.6) is 0 Å². The van der Waals surface area contributed by atoms with Gasteiger partial charge in [-0.2, -0.15) is 0 Å². The van der Waals surface area contributed by atoms with Crippen molar-refractivity contribution in [1.29, 1.82) is 0 Å². The molecule has 1 heterocycles. The first-order chi connectivity index (χ1) is 11.8. The van der Waals surface area contributed by atoms with Crippen molar-refractivity contribution in [2.24, 2.45) is 0 Å². The maximum Gasteiger partial charge on any atom is 0.323 e. The number of carboxylic acid groups (broad SMARTS) is 1. The Hall–Kier alpha value is -2.17. The Morgan fingerprint density at radius 1 is 1.08 bits per heavy atom. The van der Waals surface area contributed by atoms with Gasteiger partial charge in [0.25, 0.3) is 0 Å². The van der Waals surface area contributed by atoms with E-state index in [1.807, 2.05) is 36.4 Å². The van der Waals surface area contributed by atoms with Crippen LogP contribution in [-0.2, 0) is 9.53 Å². The number of hydrogen-bond donors (Lipinski definition) is 2. The minimum absolute atomic E-state index is 0.241. The van der Waals surface area contributed by atoms with E-state index in [1.54, 1.807) is 0 Å². The van der Waals surface area contributed by atoms with Crippen LogP contribution in [-0.4, -0.2) is 36.4 Å². The lowest BCUT2D eigenvalue weighted by atomic mass is 9.89. The highest BCUT2D eigenvalue weighted by atomic mass is 16.5. The average Bonchev–Trinajstić information content (AvgIpc) is 3.09. The highest BCUT2D eigenvalue weighted by Gasteiger charge is 2.33. The van der Waals surface area contributed by atoms with Gasteiger partial charge in [-0.15, -0.1) is 0 Å². The molecule has 0 amide bonds. The molecule has 0 saturated carbocycles. The van der Waals surface area contributed by atoms with Crippen LogP contribution in [0.2, 0.25) is 0 Å². The molecule has 2 aromatic carbocycles. The Balaban J connectivity index is 1.66. The van der Waals surface area contributed by atoms with Crippen LogP contribution < -0.4 is 5.32 Å². The van der Waals surface area contributed by atoms with E-state index >= 15 is 0 Å². The average molecular weight is 325 g/mol. The smallest absolute Gasteiger partial charge is 0.323 e. The third-order valence-electron chi connectivity index (χ3n) is 4.57. The molecule has 1 aliphatic heterocycles. The van der Waals surface area contributed by atoms with Crippen molar-refractivity contribution in [2.75, 3.05) is 13.2 Å². The second-order valence-electron chi connectivity index (χ2n) is 6.13. The topological polar surface area (TPSA) is 58.6 Å². The first-order valence-corrected chi connectivity index (χ1v) is 8.43. The zero-order valence-electron chi connectivity index (χ0n) is 13.6. The number of ether oxygens (including phenoxy) is 1. The van der Waals surface area contributed by atoms with E-state index in [9.17, 15) is 9.90 Å². The molecule has 1 saturated heterocycles. The lowest BCUT2D eigenvalue weighted by Crippen LogP contribution is -2.39. The van der Waals surface area contributed by atoms with Gasteiger partial charge in [-0.25, -0.2) is 0 Å². The lowest BCUT2D eigenvalue weighted by molar-refractivity contribution is -0.142. The van der Waals surface area contributed by atoms with Crippen LogP contribution in [0.25, 0.3) is 0 Å². The minimum atomic E-state index is -0.833. The van der Waals surface area contributed by atoms with Gasteiger partial charge >= 0.3 is 5.97 Å². The second-order valence-corrected chi connectivity index (χ2v) is 6.13. The molecule has 2 aromatic rings. The van der Waals surface area contributed by atoms with E-state index in [0.29, 0.717) is 13.2 Å². The predicted molar refractivity (Wildman–Crippen MR) is 93.1 cm³/mol. The summed E-state index contributed by atoms with van der Waals surface area (Å²) >= 11 is 0. The van der Waals surface area contributed by atoms with Gasteiger partial charge in [0.2, 0.25) is 0 Å². The fraction of sp³-hybridized carbons (Fsp3) is 0.350. The van der Waals surface area contributed by atoms with Gasteiger partial charge in [-0.1, -0.05) is 60.7 Å². The Kier molecular flexibility index (Phi) is 5.62. The van der Waals surface area contributed by atoms with Crippen molar-refractivity contribution in [1.82, 2.24) is 5.32 Å². The van der Waals surface area contributed by atoms with E-state index in [-0.39, 0.29) is 12.0 Å². The molecule has 3 rings (SSSR count). The molecule has 126 valence electrons. The van der Waals surface area contributed by atoms with Crippen LogP contribution in [0.3, 0.4) is 0 Å². The summed E-state index contributed by atoms with van der Waals surface area (Å²) in [6.07, 6.45) is 1.34. The van der Waals surface area contributed by atoms with Crippen LogP contribution in [0.1, 0.15) is 29.9 Å². The standard InChI is InChI=1S/C20H23NO3/c22-20(23)19-18(11-13-21-19)24-14-12-17(15-7-3-1-4-8-15)16-9-5-2-6-10-16/h1-10,17-19,21H,11-14H2,(H,22,23). The van der Waals surface area contributed by atoms with Gasteiger partial charge in [-0.3, -0.25) is 4.79 Å². The first kappa shape index (κ1) is 16.7. The van der Waals surface area contributed by atoms with Crippen LogP contribution in [0.15, 0.2) is 60.7 Å². The summed E-state index contributed by atoms with van der Waals surface area (Å²) in [5.41, 5.74) is 2.51. The van der Waals surface area contributed by atoms with Gasteiger partial charge in [0.15, 0.2) is 0 Å². The van der Waals surface area contributed by atoms with Gasteiger partial charge in [0.1, 0.15) is 6.04 Å². The summed E-state index contributed by atoms with van der Waals surface area (Å²) in [6.45, 7) is 1.24. The molecular weight excluding hydrogens is 302 g/mol. The van der Waals surface area contributed by atoms with Gasteiger partial charge in [-0.05, 0) is 30.5 Å². The largest absolute Gasteiger partial charge is 0.480 e. The summed E-state index contributed by atoms with van der Waals surface area (Å²) in [4.78, 5) is 11.2. The number of carbonyl (C=O) groups is 1. The number of benzene rings is 2. The maximum atomic E-state index is 11.2. The zero-order valence-corrected chi connectivity index (χ0v) is 13.6. The number of rotatable bonds is 7. The molecule has 4 heteroatoms. The Morgan fingerprint density at radius 2 is 1.67 bits per heavy atom. The van der Waals surface area contributed by atoms with Crippen LogP contribution in [0.4, 0.5) is 0 Å². The second kappa shape index (κ2) is 8.08. The van der Waals surface area contributed by atoms with Crippen molar-refractivity contribution < 1.29 is 14.6 Å². The SMILES string of the molecule is O=C(O)C1NCCC1OCCC(c1ccccc1)c1ccccc1. The molecular formula is C20H23NO3. The fourth-order valence-corrected chi connectivity index (χ4v) is 3.34. The van der Waals surface area contributed by atoms with Crippen LogP contribution in [0, 0.1) is 0 Å². The third kappa shape index (κ3) is 4.02. The lowest BCUT2D eigenvalue weighted by Gasteiger charge is -2.21. The first-order valence-electron chi connectivity index (χ1n) is 8.43. The van der Waals surface area contributed by atoms with E-state index in [4.69, 9.17) is 4.74 Å². The molecule has 2 unspecified atom stereocenters. The van der Waals surface area contributed by atoms with E-state index in [0.717, 1.165) is 12.8 Å². The van der Waals surface area contributed by atoms with Crippen molar-refractivity contribution in [2.45, 2.75) is 30.9 Å². The van der Waals surface area contributed by atoms with E-state index < -0.39 is 12.0 Å². The quantitative estimate of drug-likeness (QED) is 0.821. The van der Waals surface area contributed by atoms with Gasteiger partial charge in [0, 0.05) is 12.5 Å². The van der Waals surface area contributed by atoms with Gasteiger partial charge < -0.3 is 15.2 Å². The molecule has 1 aliphatic rings. The summed E-state index contributed by atoms with van der Waals surface area (Å²) in [5, 5.41) is 12.2. The number of aliphatic carboxylic acids is 1. The molecule has 4 nitrogen and oxygen atoms in total. The normalized spacial score (nSPS) is 20.4. The molecule has 0 aromatic heterocycles. The summed E-state index contributed by atoms with van der Waals surface area (Å²) in [7, 11) is 0. The fourth-order valence-electron chi connectivity index (χ4n) is 3.34. The molecule has 0 aliphatic carbocycles. The summed E-state index contributed by atoms with van der Waals surface area (Å²) < 4.78 is 5.91. The number of hydrogen-bond acceptors (Lipinski definition) is 3.